The van der Waals surface area contributed by atoms with Gasteiger partial charge in [-0.25, -0.2) is 17.8 Å². The molecule has 0 unspecified atom stereocenters. The number of benzene rings is 2. The van der Waals surface area contributed by atoms with Crippen molar-refractivity contribution in [2.24, 2.45) is 0 Å². The maximum Gasteiger partial charge on any atom is 0.196 e. The number of ketones is 1. The molecular weight excluding hydrogens is 455 g/mol. The topological polar surface area (TPSA) is 78.3 Å². The summed E-state index contributed by atoms with van der Waals surface area (Å²) in [5, 5.41) is 0.801. The lowest BCUT2D eigenvalue weighted by Crippen LogP contribution is -2.20. The van der Waals surface area contributed by atoms with Crippen LogP contribution in [0.4, 0.5) is 4.39 Å². The highest BCUT2D eigenvalue weighted by atomic mass is 32.2. The highest BCUT2D eigenvalue weighted by Gasteiger charge is 2.19. The van der Waals surface area contributed by atoms with Gasteiger partial charge in [0.05, 0.1) is 30.6 Å². The van der Waals surface area contributed by atoms with E-state index in [9.17, 15) is 17.6 Å². The Morgan fingerprint density at radius 3 is 2.53 bits per heavy atom. The molecule has 0 saturated carbocycles. The fraction of sp³-hybridized carbons (Fsp3) is 0.231. The quantitative estimate of drug-likeness (QED) is 0.318. The van der Waals surface area contributed by atoms with Crippen LogP contribution in [0.1, 0.15) is 29.5 Å². The number of rotatable bonds is 9. The predicted molar refractivity (Wildman–Crippen MR) is 130 cm³/mol. The molecule has 0 radical (unpaired) electrons. The van der Waals surface area contributed by atoms with E-state index < -0.39 is 27.2 Å². The second kappa shape index (κ2) is 9.77. The third-order valence-corrected chi connectivity index (χ3v) is 7.26. The molecule has 0 aliphatic heterocycles. The lowest BCUT2D eigenvalue weighted by molar-refractivity contribution is 0.101. The first-order chi connectivity index (χ1) is 16.3. The number of pyridine rings is 1. The van der Waals surface area contributed by atoms with E-state index in [2.05, 4.69) is 4.98 Å². The van der Waals surface area contributed by atoms with Crippen LogP contribution in [0.15, 0.2) is 66.7 Å². The minimum Gasteiger partial charge on any atom is -0.494 e. The smallest absolute Gasteiger partial charge is 0.196 e. The molecule has 0 fully saturated rings. The Labute approximate surface area is 197 Å². The van der Waals surface area contributed by atoms with Crippen molar-refractivity contribution < 1.29 is 22.3 Å². The SMILES string of the molecule is CCCS(=O)(=O)CC(=O)c1cccc(Cn2c(-c3ccccc3)cc3cc(OC)c(F)cc32)n1. The molecule has 8 heteroatoms. The van der Waals surface area contributed by atoms with Crippen LogP contribution in [0.5, 0.6) is 5.75 Å². The second-order valence-electron chi connectivity index (χ2n) is 8.06. The number of hydrogen-bond acceptors (Lipinski definition) is 5. The molecule has 34 heavy (non-hydrogen) atoms. The molecule has 6 nitrogen and oxygen atoms in total. The van der Waals surface area contributed by atoms with Gasteiger partial charge in [0.1, 0.15) is 11.4 Å². The number of hydrogen-bond donors (Lipinski definition) is 0. The van der Waals surface area contributed by atoms with E-state index in [1.54, 1.807) is 25.1 Å². The van der Waals surface area contributed by atoms with Crippen LogP contribution in [0.25, 0.3) is 22.2 Å². The van der Waals surface area contributed by atoms with E-state index in [1.807, 2.05) is 41.0 Å². The lowest BCUT2D eigenvalue weighted by Gasteiger charge is -2.12. The number of methoxy groups -OCH3 is 1. The Bertz CT molecular complexity index is 1450. The minimum atomic E-state index is -3.47. The Kier molecular flexibility index (Phi) is 6.79. The van der Waals surface area contributed by atoms with Crippen molar-refractivity contribution in [1.29, 1.82) is 0 Å². The fourth-order valence-corrected chi connectivity index (χ4v) is 5.29. The Morgan fingerprint density at radius 2 is 1.82 bits per heavy atom. The second-order valence-corrected chi connectivity index (χ2v) is 10.2. The van der Waals surface area contributed by atoms with Crippen molar-refractivity contribution in [1.82, 2.24) is 9.55 Å². The van der Waals surface area contributed by atoms with E-state index in [1.165, 1.54) is 19.2 Å². The first kappa shape index (κ1) is 23.6. The van der Waals surface area contributed by atoms with Gasteiger partial charge >= 0.3 is 0 Å². The number of fused-ring (bicyclic) bond motifs is 1. The zero-order chi connectivity index (χ0) is 24.3. The van der Waals surface area contributed by atoms with Crippen LogP contribution in [-0.2, 0) is 16.4 Å². The van der Waals surface area contributed by atoms with Gasteiger partial charge in [-0.2, -0.15) is 0 Å². The fourth-order valence-electron chi connectivity index (χ4n) is 3.98. The summed E-state index contributed by atoms with van der Waals surface area (Å²) >= 11 is 0. The summed E-state index contributed by atoms with van der Waals surface area (Å²) in [6.45, 7) is 2.02. The molecular formula is C26H25FN2O4S. The summed E-state index contributed by atoms with van der Waals surface area (Å²) in [4.78, 5) is 17.0. The van der Waals surface area contributed by atoms with Crippen molar-refractivity contribution in [3.63, 3.8) is 0 Å². The zero-order valence-corrected chi connectivity index (χ0v) is 19.8. The molecule has 0 bridgehead atoms. The third-order valence-electron chi connectivity index (χ3n) is 5.52. The van der Waals surface area contributed by atoms with Crippen molar-refractivity contribution in [3.05, 3.63) is 83.9 Å². The van der Waals surface area contributed by atoms with Gasteiger partial charge in [0.2, 0.25) is 0 Å². The average molecular weight is 481 g/mol. The van der Waals surface area contributed by atoms with Gasteiger partial charge in [0.25, 0.3) is 0 Å². The van der Waals surface area contributed by atoms with Gasteiger partial charge in [0, 0.05) is 17.1 Å². The van der Waals surface area contributed by atoms with Crippen molar-refractivity contribution in [2.45, 2.75) is 19.9 Å². The first-order valence-corrected chi connectivity index (χ1v) is 12.7. The number of Topliss-reactive ketones (excluding diaryl/α,β-unsaturated/α-hetero) is 1. The molecule has 0 saturated heterocycles. The molecule has 2 aromatic carbocycles. The number of nitrogens with zero attached hydrogens (tertiary/aromatic N) is 2. The normalized spacial score (nSPS) is 11.6. The molecule has 0 aliphatic carbocycles. The van der Waals surface area contributed by atoms with Crippen LogP contribution < -0.4 is 4.74 Å². The standard InChI is InChI=1S/C26H25FN2O4S/c1-3-12-34(31,32)17-25(30)22-11-7-10-20(28-22)16-29-23(18-8-5-4-6-9-18)13-19-14-26(33-2)21(27)15-24(19)29/h4-11,13-15H,3,12,16-17H2,1-2H3. The van der Waals surface area contributed by atoms with Gasteiger partial charge in [-0.15, -0.1) is 0 Å². The summed E-state index contributed by atoms with van der Waals surface area (Å²) in [5.41, 5.74) is 3.11. The number of ether oxygens (including phenoxy) is 1. The zero-order valence-electron chi connectivity index (χ0n) is 19.0. The first-order valence-electron chi connectivity index (χ1n) is 10.9. The molecule has 0 aliphatic rings. The number of sulfone groups is 1. The summed E-state index contributed by atoms with van der Waals surface area (Å²) in [7, 11) is -2.05. The molecule has 2 heterocycles. The maximum absolute atomic E-state index is 14.6. The lowest BCUT2D eigenvalue weighted by atomic mass is 10.1. The van der Waals surface area contributed by atoms with Gasteiger partial charge in [0.15, 0.2) is 27.2 Å². The number of halogens is 1. The van der Waals surface area contributed by atoms with Crippen LogP contribution in [-0.4, -0.2) is 42.4 Å². The van der Waals surface area contributed by atoms with Gasteiger partial charge < -0.3 is 9.30 Å². The van der Waals surface area contributed by atoms with E-state index >= 15 is 0 Å². The predicted octanol–water partition coefficient (Wildman–Crippen LogP) is 4.91. The summed E-state index contributed by atoms with van der Waals surface area (Å²) in [6.07, 6.45) is 0.452. The van der Waals surface area contributed by atoms with Crippen LogP contribution in [0.2, 0.25) is 0 Å². The van der Waals surface area contributed by atoms with E-state index in [0.29, 0.717) is 17.6 Å². The molecule has 176 valence electrons. The van der Waals surface area contributed by atoms with Gasteiger partial charge in [-0.05, 0) is 36.2 Å². The van der Waals surface area contributed by atoms with Gasteiger partial charge in [-0.3, -0.25) is 4.79 Å². The molecule has 0 atom stereocenters. The van der Waals surface area contributed by atoms with Crippen LogP contribution in [0.3, 0.4) is 0 Å². The molecule has 0 amide bonds. The van der Waals surface area contributed by atoms with E-state index in [0.717, 1.165) is 16.6 Å². The minimum absolute atomic E-state index is 0.0384. The largest absolute Gasteiger partial charge is 0.494 e. The molecule has 4 rings (SSSR count). The number of aromatic nitrogens is 2. The highest BCUT2D eigenvalue weighted by molar-refractivity contribution is 7.92. The Balaban J connectivity index is 1.75. The van der Waals surface area contributed by atoms with Gasteiger partial charge in [-0.1, -0.05) is 43.3 Å². The summed E-state index contributed by atoms with van der Waals surface area (Å²) < 4.78 is 45.8. The summed E-state index contributed by atoms with van der Waals surface area (Å²) in [5.74, 6) is -1.46. The monoisotopic (exact) mass is 480 g/mol. The van der Waals surface area contributed by atoms with E-state index in [4.69, 9.17) is 4.74 Å². The van der Waals surface area contributed by atoms with Crippen molar-refractivity contribution in [2.75, 3.05) is 18.6 Å². The third kappa shape index (κ3) is 5.02. The molecule has 0 N–H and O–H groups in total. The highest BCUT2D eigenvalue weighted by Crippen LogP contribution is 2.32. The van der Waals surface area contributed by atoms with Crippen molar-refractivity contribution in [3.8, 4) is 17.0 Å². The van der Waals surface area contributed by atoms with Crippen LogP contribution >= 0.6 is 0 Å². The Morgan fingerprint density at radius 1 is 1.06 bits per heavy atom. The number of carbonyl (C=O) groups is 1. The van der Waals surface area contributed by atoms with Crippen molar-refractivity contribution >= 4 is 26.5 Å². The average Bonchev–Trinajstić information content (AvgIpc) is 3.16. The molecule has 2 aromatic heterocycles. The maximum atomic E-state index is 14.6. The Hall–Kier alpha value is -3.52. The van der Waals surface area contributed by atoms with Crippen LogP contribution in [0, 0.1) is 5.82 Å². The summed E-state index contributed by atoms with van der Waals surface area (Å²) in [6, 6.07) is 19.7. The molecule has 4 aromatic rings. The molecule has 0 spiro atoms. The van der Waals surface area contributed by atoms with E-state index in [-0.39, 0.29) is 23.7 Å². The number of carbonyl (C=O) groups excluding carboxylic acids is 1.